The molecule has 0 saturated heterocycles. The Bertz CT molecular complexity index is 324. The van der Waals surface area contributed by atoms with Gasteiger partial charge in [-0.1, -0.05) is 32.0 Å². The average Bonchev–Trinajstić information content (AvgIpc) is 2.26. The van der Waals surface area contributed by atoms with Crippen LogP contribution in [0.25, 0.3) is 0 Å². The summed E-state index contributed by atoms with van der Waals surface area (Å²) in [6, 6.07) is 12.5. The summed E-state index contributed by atoms with van der Waals surface area (Å²) in [5.41, 5.74) is 1.17. The Kier molecular flexibility index (Phi) is 4.17. The molecule has 0 spiro atoms. The number of para-hydroxylation sites is 1. The first-order valence-electron chi connectivity index (χ1n) is 5.31. The maximum atomic E-state index is 9.02. The molecule has 0 radical (unpaired) electrons. The van der Waals surface area contributed by atoms with Gasteiger partial charge >= 0.3 is 0 Å². The zero-order valence-electron chi connectivity index (χ0n) is 9.64. The first-order valence-corrected chi connectivity index (χ1v) is 5.31. The standard InChI is InChI=1S/C13H18N2/c1-11(2)12(9-14)10-15(3)13-7-5-4-6-8-13/h4-8,11-12H,10H2,1-3H3. The molecule has 2 heteroatoms. The number of nitriles is 1. The molecule has 1 rings (SSSR count). The van der Waals surface area contributed by atoms with E-state index >= 15 is 0 Å². The molecular formula is C13H18N2. The average molecular weight is 202 g/mol. The predicted octanol–water partition coefficient (Wildman–Crippen LogP) is 2.92. The van der Waals surface area contributed by atoms with E-state index in [-0.39, 0.29) is 5.92 Å². The molecule has 0 amide bonds. The number of hydrogen-bond donors (Lipinski definition) is 0. The van der Waals surface area contributed by atoms with E-state index in [0.29, 0.717) is 5.92 Å². The summed E-state index contributed by atoms with van der Waals surface area (Å²) in [5.74, 6) is 0.497. The van der Waals surface area contributed by atoms with Crippen LogP contribution in [0.1, 0.15) is 13.8 Å². The van der Waals surface area contributed by atoms with Crippen molar-refractivity contribution < 1.29 is 0 Å². The second kappa shape index (κ2) is 5.41. The Morgan fingerprint density at radius 2 is 1.87 bits per heavy atom. The lowest BCUT2D eigenvalue weighted by atomic mass is 9.97. The van der Waals surface area contributed by atoms with Crippen molar-refractivity contribution in [2.75, 3.05) is 18.5 Å². The molecule has 15 heavy (non-hydrogen) atoms. The molecule has 0 aromatic heterocycles. The summed E-state index contributed by atoms with van der Waals surface area (Å²) in [7, 11) is 2.03. The van der Waals surface area contributed by atoms with Gasteiger partial charge in [0.25, 0.3) is 0 Å². The summed E-state index contributed by atoms with van der Waals surface area (Å²) in [6.45, 7) is 4.97. The van der Waals surface area contributed by atoms with Crippen LogP contribution in [0, 0.1) is 23.2 Å². The topological polar surface area (TPSA) is 27.0 Å². The fourth-order valence-electron chi connectivity index (χ4n) is 1.48. The molecule has 0 aliphatic rings. The molecular weight excluding hydrogens is 184 g/mol. The van der Waals surface area contributed by atoms with Gasteiger partial charge in [-0.2, -0.15) is 5.26 Å². The molecule has 0 saturated carbocycles. The van der Waals surface area contributed by atoms with E-state index in [0.717, 1.165) is 6.54 Å². The number of nitrogens with zero attached hydrogens (tertiary/aromatic N) is 2. The highest BCUT2D eigenvalue weighted by molar-refractivity contribution is 5.45. The van der Waals surface area contributed by atoms with Crippen LogP contribution in [0.2, 0.25) is 0 Å². The van der Waals surface area contributed by atoms with Crippen LogP contribution in [0.3, 0.4) is 0 Å². The zero-order valence-corrected chi connectivity index (χ0v) is 9.64. The van der Waals surface area contributed by atoms with Crippen molar-refractivity contribution in [2.45, 2.75) is 13.8 Å². The lowest BCUT2D eigenvalue weighted by molar-refractivity contribution is 0.477. The highest BCUT2D eigenvalue weighted by atomic mass is 15.1. The minimum absolute atomic E-state index is 0.0928. The minimum atomic E-state index is 0.0928. The van der Waals surface area contributed by atoms with Gasteiger partial charge in [-0.15, -0.1) is 0 Å². The van der Waals surface area contributed by atoms with Gasteiger partial charge in [0.1, 0.15) is 0 Å². The number of anilines is 1. The zero-order chi connectivity index (χ0) is 11.3. The molecule has 0 aliphatic carbocycles. The smallest absolute Gasteiger partial charge is 0.0677 e. The molecule has 1 aromatic carbocycles. The largest absolute Gasteiger partial charge is 0.373 e. The lowest BCUT2D eigenvalue weighted by Gasteiger charge is -2.23. The molecule has 0 fully saturated rings. The van der Waals surface area contributed by atoms with Crippen molar-refractivity contribution in [1.29, 1.82) is 5.26 Å². The monoisotopic (exact) mass is 202 g/mol. The highest BCUT2D eigenvalue weighted by Gasteiger charge is 2.14. The molecule has 0 bridgehead atoms. The summed E-state index contributed by atoms with van der Waals surface area (Å²) in [6.07, 6.45) is 0. The third kappa shape index (κ3) is 3.28. The molecule has 1 unspecified atom stereocenters. The van der Waals surface area contributed by atoms with Gasteiger partial charge in [0.05, 0.1) is 12.0 Å². The van der Waals surface area contributed by atoms with E-state index in [1.165, 1.54) is 5.69 Å². The second-order valence-electron chi connectivity index (χ2n) is 4.20. The Hall–Kier alpha value is -1.49. The molecule has 0 N–H and O–H groups in total. The summed E-state index contributed by atoms with van der Waals surface area (Å²) in [5, 5.41) is 9.02. The fraction of sp³-hybridized carbons (Fsp3) is 0.462. The molecule has 0 heterocycles. The SMILES string of the molecule is CC(C)C(C#N)CN(C)c1ccccc1. The molecule has 1 aromatic rings. The van der Waals surface area contributed by atoms with Crippen LogP contribution < -0.4 is 4.90 Å². The molecule has 1 atom stereocenters. The van der Waals surface area contributed by atoms with Gasteiger partial charge in [-0.05, 0) is 18.1 Å². The van der Waals surface area contributed by atoms with Crippen LogP contribution in [0.4, 0.5) is 5.69 Å². The van der Waals surface area contributed by atoms with Gasteiger partial charge in [0.2, 0.25) is 0 Å². The Labute approximate surface area is 92.1 Å². The fourth-order valence-corrected chi connectivity index (χ4v) is 1.48. The Morgan fingerprint density at radius 1 is 1.27 bits per heavy atom. The van der Waals surface area contributed by atoms with Crippen molar-refractivity contribution in [2.24, 2.45) is 11.8 Å². The van der Waals surface area contributed by atoms with Crippen LogP contribution in [0.5, 0.6) is 0 Å². The van der Waals surface area contributed by atoms with Crippen molar-refractivity contribution >= 4 is 5.69 Å². The molecule has 2 nitrogen and oxygen atoms in total. The van der Waals surface area contributed by atoms with Crippen LogP contribution in [-0.4, -0.2) is 13.6 Å². The first kappa shape index (κ1) is 11.6. The van der Waals surface area contributed by atoms with E-state index in [9.17, 15) is 0 Å². The molecule has 80 valence electrons. The number of benzene rings is 1. The van der Waals surface area contributed by atoms with E-state index in [1.54, 1.807) is 0 Å². The van der Waals surface area contributed by atoms with E-state index in [4.69, 9.17) is 5.26 Å². The maximum absolute atomic E-state index is 9.02. The van der Waals surface area contributed by atoms with Crippen molar-refractivity contribution in [3.05, 3.63) is 30.3 Å². The highest BCUT2D eigenvalue weighted by Crippen LogP contribution is 2.16. The van der Waals surface area contributed by atoms with Crippen molar-refractivity contribution in [3.63, 3.8) is 0 Å². The van der Waals surface area contributed by atoms with Gasteiger partial charge in [-0.3, -0.25) is 0 Å². The third-order valence-electron chi connectivity index (χ3n) is 2.64. The Balaban J connectivity index is 2.64. The predicted molar refractivity (Wildman–Crippen MR) is 63.7 cm³/mol. The van der Waals surface area contributed by atoms with Crippen LogP contribution in [0.15, 0.2) is 30.3 Å². The van der Waals surface area contributed by atoms with Gasteiger partial charge in [0, 0.05) is 19.3 Å². The van der Waals surface area contributed by atoms with E-state index in [1.807, 2.05) is 25.2 Å². The Morgan fingerprint density at radius 3 is 2.33 bits per heavy atom. The quantitative estimate of drug-likeness (QED) is 0.750. The van der Waals surface area contributed by atoms with Crippen LogP contribution in [-0.2, 0) is 0 Å². The van der Waals surface area contributed by atoms with Crippen LogP contribution >= 0.6 is 0 Å². The normalized spacial score (nSPS) is 12.2. The van der Waals surface area contributed by atoms with Gasteiger partial charge < -0.3 is 4.90 Å². The summed E-state index contributed by atoms with van der Waals surface area (Å²) < 4.78 is 0. The second-order valence-corrected chi connectivity index (χ2v) is 4.20. The summed E-state index contributed by atoms with van der Waals surface area (Å²) in [4.78, 5) is 2.13. The van der Waals surface area contributed by atoms with E-state index < -0.39 is 0 Å². The van der Waals surface area contributed by atoms with Gasteiger partial charge in [0.15, 0.2) is 0 Å². The number of hydrogen-bond acceptors (Lipinski definition) is 2. The summed E-state index contributed by atoms with van der Waals surface area (Å²) >= 11 is 0. The third-order valence-corrected chi connectivity index (χ3v) is 2.64. The lowest BCUT2D eigenvalue weighted by Crippen LogP contribution is -2.27. The minimum Gasteiger partial charge on any atom is -0.373 e. The van der Waals surface area contributed by atoms with E-state index in [2.05, 4.69) is 36.9 Å². The number of rotatable bonds is 4. The van der Waals surface area contributed by atoms with Gasteiger partial charge in [-0.25, -0.2) is 0 Å². The molecule has 0 aliphatic heterocycles. The maximum Gasteiger partial charge on any atom is 0.0677 e. The first-order chi connectivity index (χ1) is 7.15. The van der Waals surface area contributed by atoms with Crippen molar-refractivity contribution in [1.82, 2.24) is 0 Å². The van der Waals surface area contributed by atoms with Crippen molar-refractivity contribution in [3.8, 4) is 6.07 Å².